The van der Waals surface area contributed by atoms with Gasteiger partial charge in [-0.15, -0.1) is 11.3 Å². The van der Waals surface area contributed by atoms with Gasteiger partial charge in [0.05, 0.1) is 5.69 Å². The fourth-order valence-electron chi connectivity index (χ4n) is 1.77. The van der Waals surface area contributed by atoms with Crippen molar-refractivity contribution in [2.24, 2.45) is 0 Å². The summed E-state index contributed by atoms with van der Waals surface area (Å²) in [5, 5.41) is 7.20. The van der Waals surface area contributed by atoms with E-state index in [0.717, 1.165) is 40.6 Å². The Morgan fingerprint density at radius 3 is 2.83 bits per heavy atom. The molecule has 0 aromatic carbocycles. The van der Waals surface area contributed by atoms with Crippen LogP contribution < -0.4 is 0 Å². The first-order valence-corrected chi connectivity index (χ1v) is 7.14. The number of aryl methyl sites for hydroxylation is 3. The maximum absolute atomic E-state index is 5.27. The molecule has 0 saturated carbocycles. The van der Waals surface area contributed by atoms with Crippen molar-refractivity contribution in [3.63, 3.8) is 0 Å². The average Bonchev–Trinajstić information content (AvgIpc) is 2.91. The van der Waals surface area contributed by atoms with Crippen molar-refractivity contribution in [1.29, 1.82) is 0 Å². The number of nitrogens with zero attached hydrogens (tertiary/aromatic N) is 2. The lowest BCUT2D eigenvalue weighted by atomic mass is 10.1. The van der Waals surface area contributed by atoms with Gasteiger partial charge in [-0.2, -0.15) is 0 Å². The van der Waals surface area contributed by atoms with E-state index < -0.39 is 0 Å². The van der Waals surface area contributed by atoms with Crippen molar-refractivity contribution >= 4 is 23.5 Å². The molecule has 18 heavy (non-hydrogen) atoms. The second kappa shape index (κ2) is 5.96. The maximum Gasteiger partial charge on any atom is 0.141 e. The number of hydrogen-bond acceptors (Lipinski definition) is 4. The van der Waals surface area contributed by atoms with Crippen LogP contribution in [0.2, 0.25) is 0 Å². The summed E-state index contributed by atoms with van der Waals surface area (Å²) < 4.78 is 5.27. The average molecular weight is 262 g/mol. The molecule has 2 heterocycles. The Balaban J connectivity index is 2.17. The lowest BCUT2D eigenvalue weighted by molar-refractivity contribution is 0.389. The van der Waals surface area contributed by atoms with E-state index in [1.165, 1.54) is 6.42 Å². The summed E-state index contributed by atoms with van der Waals surface area (Å²) in [4.78, 5) is 4.41. The summed E-state index contributed by atoms with van der Waals surface area (Å²) in [5.74, 6) is 0.880. The van der Waals surface area contributed by atoms with E-state index in [4.69, 9.17) is 4.52 Å². The minimum Gasteiger partial charge on any atom is -0.361 e. The van der Waals surface area contributed by atoms with Crippen LogP contribution in [-0.2, 0) is 6.42 Å². The molecule has 0 aliphatic heterocycles. The molecule has 96 valence electrons. The minimum absolute atomic E-state index is 0.880. The first kappa shape index (κ1) is 13.0. The predicted molar refractivity (Wildman–Crippen MR) is 75.6 cm³/mol. The number of unbranched alkanes of at least 4 members (excludes halogenated alkanes) is 1. The van der Waals surface area contributed by atoms with Crippen molar-refractivity contribution in [3.05, 3.63) is 33.1 Å². The van der Waals surface area contributed by atoms with Gasteiger partial charge in [0, 0.05) is 16.6 Å². The van der Waals surface area contributed by atoms with Crippen molar-refractivity contribution < 1.29 is 4.52 Å². The number of hydrogen-bond donors (Lipinski definition) is 0. The second-order valence-corrected chi connectivity index (χ2v) is 5.25. The zero-order valence-corrected chi connectivity index (χ0v) is 11.9. The summed E-state index contributed by atoms with van der Waals surface area (Å²) in [5.41, 5.74) is 3.23. The zero-order chi connectivity index (χ0) is 13.0. The van der Waals surface area contributed by atoms with Gasteiger partial charge in [0.1, 0.15) is 10.8 Å². The molecule has 0 bridgehead atoms. The van der Waals surface area contributed by atoms with Crippen LogP contribution in [0.1, 0.15) is 47.5 Å². The van der Waals surface area contributed by atoms with Gasteiger partial charge >= 0.3 is 0 Å². The van der Waals surface area contributed by atoms with E-state index >= 15 is 0 Å². The van der Waals surface area contributed by atoms with Gasteiger partial charge < -0.3 is 4.52 Å². The lowest BCUT2D eigenvalue weighted by Gasteiger charge is -1.95. The fraction of sp³-hybridized carbons (Fsp3) is 0.429. The monoisotopic (exact) mass is 262 g/mol. The van der Waals surface area contributed by atoms with E-state index in [0.29, 0.717) is 0 Å². The molecular formula is C14H18N2OS. The summed E-state index contributed by atoms with van der Waals surface area (Å²) in [7, 11) is 0. The molecular weight excluding hydrogens is 244 g/mol. The highest BCUT2D eigenvalue weighted by Crippen LogP contribution is 2.20. The summed E-state index contributed by atoms with van der Waals surface area (Å²) in [6, 6.07) is 0. The molecule has 0 N–H and O–H groups in total. The molecule has 0 spiro atoms. The number of aromatic nitrogens is 2. The highest BCUT2D eigenvalue weighted by Gasteiger charge is 2.09. The van der Waals surface area contributed by atoms with Crippen molar-refractivity contribution in [2.75, 3.05) is 0 Å². The molecule has 0 saturated heterocycles. The van der Waals surface area contributed by atoms with Crippen molar-refractivity contribution in [3.8, 4) is 0 Å². The van der Waals surface area contributed by atoms with Gasteiger partial charge in [0.25, 0.3) is 0 Å². The quantitative estimate of drug-likeness (QED) is 0.808. The number of thiazole rings is 1. The summed E-state index contributed by atoms with van der Waals surface area (Å²) in [6.07, 6.45) is 7.38. The molecule has 0 atom stereocenters. The Bertz CT molecular complexity index is 540. The van der Waals surface area contributed by atoms with E-state index in [2.05, 4.69) is 28.5 Å². The van der Waals surface area contributed by atoms with Crippen LogP contribution in [0.25, 0.3) is 12.2 Å². The second-order valence-electron chi connectivity index (χ2n) is 4.36. The Hall–Kier alpha value is -1.42. The molecule has 0 radical (unpaired) electrons. The first-order chi connectivity index (χ1) is 8.70. The zero-order valence-electron chi connectivity index (χ0n) is 11.1. The third-order valence-corrected chi connectivity index (χ3v) is 3.71. The largest absolute Gasteiger partial charge is 0.361 e. The van der Waals surface area contributed by atoms with Crippen LogP contribution >= 0.6 is 11.3 Å². The topological polar surface area (TPSA) is 38.9 Å². The standard InChI is InChI=1S/C14H18N2OS/c1-4-5-6-13-12(11(3)17-16-13)7-8-14-15-10(2)9-18-14/h7-9H,4-6H2,1-3H3/b8-7+. The van der Waals surface area contributed by atoms with Crippen LogP contribution in [0.15, 0.2) is 9.90 Å². The van der Waals surface area contributed by atoms with Crippen LogP contribution in [-0.4, -0.2) is 10.1 Å². The molecule has 0 aliphatic carbocycles. The summed E-state index contributed by atoms with van der Waals surface area (Å²) >= 11 is 1.65. The van der Waals surface area contributed by atoms with Gasteiger partial charge in [-0.1, -0.05) is 18.5 Å². The molecule has 2 aromatic heterocycles. The molecule has 2 rings (SSSR count). The molecule has 0 fully saturated rings. The lowest BCUT2D eigenvalue weighted by Crippen LogP contribution is -1.88. The van der Waals surface area contributed by atoms with E-state index in [-0.39, 0.29) is 0 Å². The third-order valence-electron chi connectivity index (χ3n) is 2.78. The van der Waals surface area contributed by atoms with Crippen molar-refractivity contribution in [2.45, 2.75) is 40.0 Å². The maximum atomic E-state index is 5.27. The van der Waals surface area contributed by atoms with E-state index in [1.54, 1.807) is 11.3 Å². The first-order valence-electron chi connectivity index (χ1n) is 6.26. The van der Waals surface area contributed by atoms with E-state index in [9.17, 15) is 0 Å². The van der Waals surface area contributed by atoms with Crippen molar-refractivity contribution in [1.82, 2.24) is 10.1 Å². The Labute approximate surface area is 112 Å². The fourth-order valence-corrected chi connectivity index (χ4v) is 2.45. The molecule has 3 nitrogen and oxygen atoms in total. The van der Waals surface area contributed by atoms with Crippen LogP contribution in [0, 0.1) is 13.8 Å². The molecule has 0 amide bonds. The predicted octanol–water partition coefficient (Wildman–Crippen LogP) is 4.26. The van der Waals surface area contributed by atoms with Gasteiger partial charge in [0.2, 0.25) is 0 Å². The van der Waals surface area contributed by atoms with Crippen LogP contribution in [0.4, 0.5) is 0 Å². The molecule has 0 unspecified atom stereocenters. The smallest absolute Gasteiger partial charge is 0.141 e. The van der Waals surface area contributed by atoms with Gasteiger partial charge in [-0.25, -0.2) is 4.98 Å². The van der Waals surface area contributed by atoms with Gasteiger partial charge in [-0.3, -0.25) is 0 Å². The summed E-state index contributed by atoms with van der Waals surface area (Å²) in [6.45, 7) is 6.14. The third kappa shape index (κ3) is 3.07. The van der Waals surface area contributed by atoms with E-state index in [1.807, 2.05) is 19.9 Å². The Kier molecular flexibility index (Phi) is 4.31. The Morgan fingerprint density at radius 1 is 1.33 bits per heavy atom. The molecule has 0 aliphatic rings. The number of rotatable bonds is 5. The normalized spacial score (nSPS) is 11.5. The minimum atomic E-state index is 0.880. The molecule has 2 aromatic rings. The van der Waals surface area contributed by atoms with Crippen LogP contribution in [0.3, 0.4) is 0 Å². The van der Waals surface area contributed by atoms with Gasteiger partial charge in [-0.05, 0) is 38.8 Å². The van der Waals surface area contributed by atoms with Gasteiger partial charge in [0.15, 0.2) is 0 Å². The highest BCUT2D eigenvalue weighted by molar-refractivity contribution is 7.10. The SMILES string of the molecule is CCCCc1noc(C)c1/C=C/c1nc(C)cs1. The van der Waals surface area contributed by atoms with Crippen LogP contribution in [0.5, 0.6) is 0 Å². The Morgan fingerprint density at radius 2 is 2.17 bits per heavy atom. The molecule has 4 heteroatoms. The highest BCUT2D eigenvalue weighted by atomic mass is 32.1.